The Balaban J connectivity index is 1.25. The zero-order valence-corrected chi connectivity index (χ0v) is 18.2. The number of nitrogens with one attached hydrogen (secondary N) is 4. The fourth-order valence-corrected chi connectivity index (χ4v) is 4.41. The smallest absolute Gasteiger partial charge is 0.319 e. The van der Waals surface area contributed by atoms with E-state index < -0.39 is 0 Å². The van der Waals surface area contributed by atoms with Gasteiger partial charge in [0.05, 0.1) is 6.04 Å². The van der Waals surface area contributed by atoms with Gasteiger partial charge in [0.1, 0.15) is 5.82 Å². The normalized spacial score (nSPS) is 22.2. The van der Waals surface area contributed by atoms with Crippen molar-refractivity contribution >= 4 is 23.5 Å². The quantitative estimate of drug-likeness (QED) is 0.515. The van der Waals surface area contributed by atoms with Gasteiger partial charge < -0.3 is 21.3 Å². The molecule has 3 atom stereocenters. The number of piperazine rings is 1. The fourth-order valence-electron chi connectivity index (χ4n) is 4.41. The lowest BCUT2D eigenvalue weighted by atomic mass is 10.0. The SMILES string of the molecule is O=C(CC[C@@H]1CNC(=O)[C@@H]2C[C@@H](NC(=O)Nc3ccccc3)CN12)NCc1ccc(F)cc1. The molecule has 0 radical (unpaired) electrons. The third kappa shape index (κ3) is 6.07. The van der Waals surface area contributed by atoms with E-state index in [0.717, 1.165) is 5.56 Å². The second-order valence-electron chi connectivity index (χ2n) is 8.45. The molecule has 2 aromatic carbocycles. The first-order valence-corrected chi connectivity index (χ1v) is 11.1. The number of fused-ring (bicyclic) bond motifs is 1. The Morgan fingerprint density at radius 2 is 1.85 bits per heavy atom. The monoisotopic (exact) mass is 453 g/mol. The highest BCUT2D eigenvalue weighted by Crippen LogP contribution is 2.26. The fraction of sp³-hybridized carbons (Fsp3) is 0.375. The molecule has 0 spiro atoms. The van der Waals surface area contributed by atoms with E-state index >= 15 is 0 Å². The first-order valence-electron chi connectivity index (χ1n) is 11.1. The van der Waals surface area contributed by atoms with Gasteiger partial charge in [-0.05, 0) is 42.7 Å². The van der Waals surface area contributed by atoms with Crippen molar-refractivity contribution in [3.05, 3.63) is 66.0 Å². The Labute approximate surface area is 191 Å². The third-order valence-electron chi connectivity index (χ3n) is 6.10. The number of hydrogen-bond donors (Lipinski definition) is 4. The minimum Gasteiger partial charge on any atom is -0.353 e. The van der Waals surface area contributed by atoms with E-state index in [0.29, 0.717) is 44.6 Å². The number of anilines is 1. The maximum Gasteiger partial charge on any atom is 0.319 e. The van der Waals surface area contributed by atoms with Crippen molar-refractivity contribution in [2.75, 3.05) is 18.4 Å². The van der Waals surface area contributed by atoms with Gasteiger partial charge in [-0.2, -0.15) is 0 Å². The Morgan fingerprint density at radius 1 is 1.09 bits per heavy atom. The van der Waals surface area contributed by atoms with Crippen LogP contribution < -0.4 is 21.3 Å². The molecule has 2 heterocycles. The molecule has 2 aliphatic rings. The van der Waals surface area contributed by atoms with Crippen LogP contribution in [-0.4, -0.2) is 54.0 Å². The van der Waals surface area contributed by atoms with Crippen LogP contribution in [0.2, 0.25) is 0 Å². The number of hydrogen-bond acceptors (Lipinski definition) is 4. The molecule has 33 heavy (non-hydrogen) atoms. The highest BCUT2D eigenvalue weighted by Gasteiger charge is 2.43. The molecule has 4 amide bonds. The molecule has 174 valence electrons. The summed E-state index contributed by atoms with van der Waals surface area (Å²) in [7, 11) is 0. The number of rotatable bonds is 7. The molecule has 0 bridgehead atoms. The van der Waals surface area contributed by atoms with Gasteiger partial charge >= 0.3 is 6.03 Å². The predicted molar refractivity (Wildman–Crippen MR) is 122 cm³/mol. The van der Waals surface area contributed by atoms with Crippen LogP contribution in [0.3, 0.4) is 0 Å². The first kappa shape index (κ1) is 22.7. The van der Waals surface area contributed by atoms with Crippen LogP contribution in [0.15, 0.2) is 54.6 Å². The molecule has 0 saturated carbocycles. The first-order chi connectivity index (χ1) is 16.0. The van der Waals surface area contributed by atoms with E-state index in [2.05, 4.69) is 26.2 Å². The van der Waals surface area contributed by atoms with Gasteiger partial charge in [0.2, 0.25) is 11.8 Å². The Kier molecular flexibility index (Phi) is 7.19. The molecular weight excluding hydrogens is 425 g/mol. The second-order valence-corrected chi connectivity index (χ2v) is 8.45. The average Bonchev–Trinajstić information content (AvgIpc) is 3.23. The van der Waals surface area contributed by atoms with E-state index in [1.165, 1.54) is 12.1 Å². The van der Waals surface area contributed by atoms with Crippen LogP contribution in [0.1, 0.15) is 24.8 Å². The molecule has 2 aliphatic heterocycles. The van der Waals surface area contributed by atoms with Gasteiger partial charge in [0, 0.05) is 43.8 Å². The summed E-state index contributed by atoms with van der Waals surface area (Å²) in [6.45, 7) is 1.38. The van der Waals surface area contributed by atoms with Gasteiger partial charge in [-0.15, -0.1) is 0 Å². The zero-order valence-electron chi connectivity index (χ0n) is 18.2. The van der Waals surface area contributed by atoms with E-state index in [1.54, 1.807) is 12.1 Å². The molecular formula is C24H28FN5O3. The molecule has 2 aromatic rings. The minimum absolute atomic E-state index is 0.0215. The Morgan fingerprint density at radius 3 is 2.61 bits per heavy atom. The third-order valence-corrected chi connectivity index (χ3v) is 6.10. The zero-order chi connectivity index (χ0) is 23.2. The number of carbonyl (C=O) groups excluding carboxylic acids is 3. The van der Waals surface area contributed by atoms with Gasteiger partial charge in [-0.1, -0.05) is 30.3 Å². The van der Waals surface area contributed by atoms with Crippen molar-refractivity contribution < 1.29 is 18.8 Å². The molecule has 2 saturated heterocycles. The van der Waals surface area contributed by atoms with Crippen molar-refractivity contribution in [1.29, 1.82) is 0 Å². The van der Waals surface area contributed by atoms with Gasteiger partial charge in [0.25, 0.3) is 0 Å². The topological polar surface area (TPSA) is 103 Å². The summed E-state index contributed by atoms with van der Waals surface area (Å²) in [5, 5.41) is 11.5. The number of nitrogens with zero attached hydrogens (tertiary/aromatic N) is 1. The van der Waals surface area contributed by atoms with Crippen LogP contribution >= 0.6 is 0 Å². The van der Waals surface area contributed by atoms with Crippen LogP contribution in [0, 0.1) is 5.82 Å². The number of urea groups is 1. The Hall–Kier alpha value is -3.46. The van der Waals surface area contributed by atoms with E-state index in [-0.39, 0.29) is 41.8 Å². The highest BCUT2D eigenvalue weighted by atomic mass is 19.1. The van der Waals surface area contributed by atoms with E-state index in [4.69, 9.17) is 0 Å². The largest absolute Gasteiger partial charge is 0.353 e. The standard InChI is InChI=1S/C24H28FN5O3/c25-17-8-6-16(7-9-17)13-26-22(31)11-10-20-14-27-23(32)21-12-19(15-30(20)21)29-24(33)28-18-4-2-1-3-5-18/h1-9,19-21H,10-15H2,(H,26,31)(H,27,32)(H2,28,29,33)/t19-,20-,21+/m1/s1. The van der Waals surface area contributed by atoms with Crippen LogP contribution in [0.25, 0.3) is 0 Å². The highest BCUT2D eigenvalue weighted by molar-refractivity contribution is 5.89. The van der Waals surface area contributed by atoms with Crippen molar-refractivity contribution in [2.24, 2.45) is 0 Å². The van der Waals surface area contributed by atoms with Crippen molar-refractivity contribution in [3.63, 3.8) is 0 Å². The number of benzene rings is 2. The summed E-state index contributed by atoms with van der Waals surface area (Å²) in [6, 6.07) is 14.4. The van der Waals surface area contributed by atoms with Crippen LogP contribution in [0.4, 0.5) is 14.9 Å². The molecule has 9 heteroatoms. The van der Waals surface area contributed by atoms with Gasteiger partial charge in [0.15, 0.2) is 0 Å². The summed E-state index contributed by atoms with van der Waals surface area (Å²) in [5.41, 5.74) is 1.53. The maximum atomic E-state index is 13.0. The summed E-state index contributed by atoms with van der Waals surface area (Å²) in [5.74, 6) is -0.446. The molecule has 0 aromatic heterocycles. The summed E-state index contributed by atoms with van der Waals surface area (Å²) in [6.07, 6.45) is 1.44. The molecule has 0 unspecified atom stereocenters. The number of carbonyl (C=O) groups is 3. The molecule has 8 nitrogen and oxygen atoms in total. The summed E-state index contributed by atoms with van der Waals surface area (Å²) < 4.78 is 13.0. The van der Waals surface area contributed by atoms with Crippen LogP contribution in [0.5, 0.6) is 0 Å². The minimum atomic E-state index is -0.312. The maximum absolute atomic E-state index is 13.0. The van der Waals surface area contributed by atoms with Crippen molar-refractivity contribution in [1.82, 2.24) is 20.9 Å². The van der Waals surface area contributed by atoms with Gasteiger partial charge in [-0.25, -0.2) is 9.18 Å². The van der Waals surface area contributed by atoms with E-state index in [9.17, 15) is 18.8 Å². The lowest BCUT2D eigenvalue weighted by Gasteiger charge is -2.37. The average molecular weight is 454 g/mol. The number of halogens is 1. The second kappa shape index (κ2) is 10.4. The van der Waals surface area contributed by atoms with Crippen molar-refractivity contribution in [2.45, 2.75) is 43.9 Å². The molecule has 2 fully saturated rings. The lowest BCUT2D eigenvalue weighted by molar-refractivity contribution is -0.129. The molecule has 4 N–H and O–H groups in total. The number of amides is 4. The summed E-state index contributed by atoms with van der Waals surface area (Å²) in [4.78, 5) is 39.1. The molecule has 0 aliphatic carbocycles. The number of para-hydroxylation sites is 1. The summed E-state index contributed by atoms with van der Waals surface area (Å²) >= 11 is 0. The van der Waals surface area contributed by atoms with Crippen LogP contribution in [-0.2, 0) is 16.1 Å². The Bertz CT molecular complexity index is 985. The predicted octanol–water partition coefficient (Wildman–Crippen LogP) is 1.99. The molecule has 4 rings (SSSR count). The lowest BCUT2D eigenvalue weighted by Crippen LogP contribution is -2.58. The van der Waals surface area contributed by atoms with Gasteiger partial charge in [-0.3, -0.25) is 14.5 Å². The van der Waals surface area contributed by atoms with E-state index in [1.807, 2.05) is 30.3 Å². The van der Waals surface area contributed by atoms with Crippen molar-refractivity contribution in [3.8, 4) is 0 Å².